The molecule has 116 valence electrons. The van der Waals surface area contributed by atoms with Crippen LogP contribution in [0.15, 0.2) is 24.3 Å². The number of ether oxygens (including phenoxy) is 2. The average Bonchev–Trinajstić information content (AvgIpc) is 3.38. The van der Waals surface area contributed by atoms with Crippen LogP contribution in [0.1, 0.15) is 50.6 Å². The highest BCUT2D eigenvalue weighted by molar-refractivity contribution is 5.30. The van der Waals surface area contributed by atoms with Crippen molar-refractivity contribution in [1.29, 1.82) is 0 Å². The molecule has 0 heterocycles. The maximum absolute atomic E-state index is 5.84. The van der Waals surface area contributed by atoms with Crippen LogP contribution < -0.4 is 10.1 Å². The standard InChI is InChI=1S/C18H27NO2/c1-3-12-19-17(18(20-2)14-4-5-14)13-6-8-15(9-7-13)21-16-10-11-16/h6-9,14,16-19H,3-5,10-12H2,1-2H3. The molecule has 0 amide bonds. The van der Waals surface area contributed by atoms with E-state index in [0.29, 0.717) is 12.0 Å². The third kappa shape index (κ3) is 3.98. The van der Waals surface area contributed by atoms with Gasteiger partial charge in [0.15, 0.2) is 0 Å². The van der Waals surface area contributed by atoms with Gasteiger partial charge in [-0.1, -0.05) is 19.1 Å². The lowest BCUT2D eigenvalue weighted by Gasteiger charge is -2.27. The van der Waals surface area contributed by atoms with Gasteiger partial charge in [-0.05, 0) is 62.3 Å². The average molecular weight is 289 g/mol. The Balaban J connectivity index is 1.70. The van der Waals surface area contributed by atoms with Gasteiger partial charge in [0.05, 0.1) is 18.2 Å². The predicted octanol–water partition coefficient (Wildman–Crippen LogP) is 3.69. The zero-order valence-electron chi connectivity index (χ0n) is 13.2. The van der Waals surface area contributed by atoms with Crippen molar-refractivity contribution in [1.82, 2.24) is 5.32 Å². The molecule has 0 spiro atoms. The first-order valence-electron chi connectivity index (χ1n) is 8.34. The molecule has 0 saturated heterocycles. The van der Waals surface area contributed by atoms with E-state index in [1.165, 1.54) is 31.2 Å². The first kappa shape index (κ1) is 14.9. The first-order chi connectivity index (χ1) is 10.3. The van der Waals surface area contributed by atoms with Crippen LogP contribution in [0, 0.1) is 5.92 Å². The zero-order valence-corrected chi connectivity index (χ0v) is 13.2. The van der Waals surface area contributed by atoms with Crippen molar-refractivity contribution in [3.8, 4) is 5.75 Å². The normalized spacial score (nSPS) is 21.0. The van der Waals surface area contributed by atoms with E-state index < -0.39 is 0 Å². The molecule has 0 radical (unpaired) electrons. The molecule has 1 N–H and O–H groups in total. The topological polar surface area (TPSA) is 30.5 Å². The number of hydrogen-bond donors (Lipinski definition) is 1. The SMILES string of the molecule is CCCNC(c1ccc(OC2CC2)cc1)C(OC)C1CC1. The van der Waals surface area contributed by atoms with Crippen LogP contribution in [-0.4, -0.2) is 25.9 Å². The number of hydrogen-bond acceptors (Lipinski definition) is 3. The number of methoxy groups -OCH3 is 1. The summed E-state index contributed by atoms with van der Waals surface area (Å²) in [5.41, 5.74) is 1.31. The third-order valence-corrected chi connectivity index (χ3v) is 4.37. The highest BCUT2D eigenvalue weighted by Gasteiger charge is 2.37. The van der Waals surface area contributed by atoms with Crippen LogP contribution in [0.3, 0.4) is 0 Å². The first-order valence-corrected chi connectivity index (χ1v) is 8.34. The van der Waals surface area contributed by atoms with Crippen LogP contribution in [0.2, 0.25) is 0 Å². The fourth-order valence-electron chi connectivity index (χ4n) is 2.88. The van der Waals surface area contributed by atoms with Crippen molar-refractivity contribution < 1.29 is 9.47 Å². The van der Waals surface area contributed by atoms with E-state index >= 15 is 0 Å². The van der Waals surface area contributed by atoms with Crippen LogP contribution >= 0.6 is 0 Å². The zero-order chi connectivity index (χ0) is 14.7. The van der Waals surface area contributed by atoms with E-state index in [0.717, 1.165) is 18.7 Å². The summed E-state index contributed by atoms with van der Waals surface area (Å²) in [7, 11) is 1.84. The van der Waals surface area contributed by atoms with E-state index in [4.69, 9.17) is 9.47 Å². The molecule has 2 aliphatic carbocycles. The molecule has 1 aromatic rings. The molecule has 2 fully saturated rings. The Morgan fingerprint density at radius 3 is 2.38 bits per heavy atom. The van der Waals surface area contributed by atoms with Crippen molar-refractivity contribution >= 4 is 0 Å². The van der Waals surface area contributed by atoms with Gasteiger partial charge in [0.1, 0.15) is 5.75 Å². The van der Waals surface area contributed by atoms with Gasteiger partial charge >= 0.3 is 0 Å². The maximum atomic E-state index is 5.84. The molecule has 3 nitrogen and oxygen atoms in total. The largest absolute Gasteiger partial charge is 0.490 e. The van der Waals surface area contributed by atoms with Gasteiger partial charge in [0.25, 0.3) is 0 Å². The molecule has 21 heavy (non-hydrogen) atoms. The van der Waals surface area contributed by atoms with Crippen LogP contribution in [0.4, 0.5) is 0 Å². The van der Waals surface area contributed by atoms with E-state index in [1.54, 1.807) is 0 Å². The van der Waals surface area contributed by atoms with Gasteiger partial charge in [-0.15, -0.1) is 0 Å². The molecular weight excluding hydrogens is 262 g/mol. The quantitative estimate of drug-likeness (QED) is 0.752. The summed E-state index contributed by atoms with van der Waals surface area (Å²) in [4.78, 5) is 0. The van der Waals surface area contributed by atoms with Gasteiger partial charge < -0.3 is 14.8 Å². The Kier molecular flexibility index (Phi) is 4.81. The molecule has 0 aromatic heterocycles. The summed E-state index contributed by atoms with van der Waals surface area (Å²) in [5.74, 6) is 1.71. The summed E-state index contributed by atoms with van der Waals surface area (Å²) in [5, 5.41) is 3.66. The fraction of sp³-hybridized carbons (Fsp3) is 0.667. The van der Waals surface area contributed by atoms with Gasteiger partial charge in [0.2, 0.25) is 0 Å². The molecule has 2 atom stereocenters. The van der Waals surface area contributed by atoms with Crippen molar-refractivity contribution in [2.45, 2.75) is 57.3 Å². The molecule has 3 heteroatoms. The minimum atomic E-state index is 0.284. The molecule has 0 aliphatic heterocycles. The Bertz CT molecular complexity index is 437. The predicted molar refractivity (Wildman–Crippen MR) is 84.6 cm³/mol. The second kappa shape index (κ2) is 6.80. The molecule has 2 saturated carbocycles. The Labute approximate surface area is 128 Å². The van der Waals surface area contributed by atoms with E-state index in [9.17, 15) is 0 Å². The van der Waals surface area contributed by atoms with Gasteiger partial charge in [0, 0.05) is 7.11 Å². The Morgan fingerprint density at radius 2 is 1.86 bits per heavy atom. The van der Waals surface area contributed by atoms with Crippen molar-refractivity contribution in [2.75, 3.05) is 13.7 Å². The van der Waals surface area contributed by atoms with Crippen LogP contribution in [-0.2, 0) is 4.74 Å². The summed E-state index contributed by atoms with van der Waals surface area (Å²) in [6, 6.07) is 8.89. The van der Waals surface area contributed by atoms with E-state index in [-0.39, 0.29) is 12.1 Å². The highest BCUT2D eigenvalue weighted by atomic mass is 16.5. The lowest BCUT2D eigenvalue weighted by molar-refractivity contribution is 0.0506. The summed E-state index contributed by atoms with van der Waals surface area (Å²) in [6.07, 6.45) is 6.89. The minimum Gasteiger partial charge on any atom is -0.490 e. The van der Waals surface area contributed by atoms with Gasteiger partial charge in [-0.3, -0.25) is 0 Å². The molecule has 1 aromatic carbocycles. The smallest absolute Gasteiger partial charge is 0.119 e. The number of rotatable bonds is 9. The fourth-order valence-corrected chi connectivity index (χ4v) is 2.88. The van der Waals surface area contributed by atoms with Crippen molar-refractivity contribution in [3.05, 3.63) is 29.8 Å². The number of benzene rings is 1. The molecule has 3 rings (SSSR count). The molecule has 2 aliphatic rings. The highest BCUT2D eigenvalue weighted by Crippen LogP contribution is 2.40. The summed E-state index contributed by atoms with van der Waals surface area (Å²) >= 11 is 0. The van der Waals surface area contributed by atoms with Crippen molar-refractivity contribution in [3.63, 3.8) is 0 Å². The van der Waals surface area contributed by atoms with Crippen LogP contribution in [0.5, 0.6) is 5.75 Å². The summed E-state index contributed by atoms with van der Waals surface area (Å²) < 4.78 is 11.6. The van der Waals surface area contributed by atoms with E-state index in [2.05, 4.69) is 36.5 Å². The van der Waals surface area contributed by atoms with Gasteiger partial charge in [-0.25, -0.2) is 0 Å². The summed E-state index contributed by atoms with van der Waals surface area (Å²) in [6.45, 7) is 3.23. The lowest BCUT2D eigenvalue weighted by Crippen LogP contribution is -2.35. The second-order valence-electron chi connectivity index (χ2n) is 6.36. The minimum absolute atomic E-state index is 0.284. The monoisotopic (exact) mass is 289 g/mol. The number of nitrogens with one attached hydrogen (secondary N) is 1. The second-order valence-corrected chi connectivity index (χ2v) is 6.36. The van der Waals surface area contributed by atoms with Crippen LogP contribution in [0.25, 0.3) is 0 Å². The Hall–Kier alpha value is -1.06. The van der Waals surface area contributed by atoms with Crippen molar-refractivity contribution in [2.24, 2.45) is 5.92 Å². The van der Waals surface area contributed by atoms with Gasteiger partial charge in [-0.2, -0.15) is 0 Å². The lowest BCUT2D eigenvalue weighted by atomic mass is 9.97. The molecule has 2 unspecified atom stereocenters. The maximum Gasteiger partial charge on any atom is 0.119 e. The molecular formula is C18H27NO2. The van der Waals surface area contributed by atoms with E-state index in [1.807, 2.05) is 7.11 Å². The Morgan fingerprint density at radius 1 is 1.14 bits per heavy atom. The third-order valence-electron chi connectivity index (χ3n) is 4.37. The molecule has 0 bridgehead atoms.